The Morgan fingerprint density at radius 3 is 2.57 bits per heavy atom. The van der Waals surface area contributed by atoms with Gasteiger partial charge in [0.2, 0.25) is 0 Å². The minimum absolute atomic E-state index is 0.0958. The van der Waals surface area contributed by atoms with Crippen molar-refractivity contribution in [2.24, 2.45) is 0 Å². The normalized spacial score (nSPS) is 11.6. The molecule has 1 heterocycles. The summed E-state index contributed by atoms with van der Waals surface area (Å²) in [5.41, 5.74) is 0.820. The summed E-state index contributed by atoms with van der Waals surface area (Å²) < 4.78 is 15.2. The van der Waals surface area contributed by atoms with Crippen LogP contribution in [0.4, 0.5) is 0 Å². The zero-order valence-electron chi connectivity index (χ0n) is 13.1. The van der Waals surface area contributed by atoms with Crippen molar-refractivity contribution in [3.8, 4) is 5.75 Å². The van der Waals surface area contributed by atoms with Crippen LogP contribution >= 0.6 is 0 Å². The molecule has 1 aromatic heterocycles. The summed E-state index contributed by atoms with van der Waals surface area (Å²) in [5, 5.41) is 2.78. The van der Waals surface area contributed by atoms with E-state index >= 15 is 0 Å². The van der Waals surface area contributed by atoms with Crippen molar-refractivity contribution in [1.82, 2.24) is 5.32 Å². The minimum Gasteiger partial charge on any atom is -0.484 e. The fourth-order valence-corrected chi connectivity index (χ4v) is 1.98. The van der Waals surface area contributed by atoms with E-state index in [-0.39, 0.29) is 30.9 Å². The average molecular weight is 317 g/mol. The fourth-order valence-electron chi connectivity index (χ4n) is 1.98. The Labute approximate surface area is 134 Å². The van der Waals surface area contributed by atoms with Crippen LogP contribution in [0.25, 0.3) is 0 Å². The van der Waals surface area contributed by atoms with Crippen LogP contribution in [0.5, 0.6) is 5.75 Å². The molecular formula is C17H19NO5. The zero-order valence-corrected chi connectivity index (χ0v) is 13.1. The summed E-state index contributed by atoms with van der Waals surface area (Å²) >= 11 is 0. The first-order chi connectivity index (χ1) is 11.1. The second kappa shape index (κ2) is 8.03. The first-order valence-corrected chi connectivity index (χ1v) is 7.20. The van der Waals surface area contributed by atoms with Gasteiger partial charge in [-0.05, 0) is 36.8 Å². The second-order valence-corrected chi connectivity index (χ2v) is 4.99. The van der Waals surface area contributed by atoms with Gasteiger partial charge < -0.3 is 19.2 Å². The van der Waals surface area contributed by atoms with Gasteiger partial charge in [-0.25, -0.2) is 0 Å². The van der Waals surface area contributed by atoms with Crippen molar-refractivity contribution in [3.05, 3.63) is 54.0 Å². The van der Waals surface area contributed by atoms with E-state index in [4.69, 9.17) is 9.15 Å². The van der Waals surface area contributed by atoms with E-state index in [2.05, 4.69) is 10.1 Å². The molecule has 122 valence electrons. The molecule has 6 heteroatoms. The number of benzene rings is 1. The number of hydrogen-bond donors (Lipinski definition) is 1. The van der Waals surface area contributed by atoms with Crippen molar-refractivity contribution in [1.29, 1.82) is 0 Å². The van der Waals surface area contributed by atoms with Gasteiger partial charge in [0.1, 0.15) is 11.5 Å². The molecule has 1 unspecified atom stereocenters. The fraction of sp³-hybridized carbons (Fsp3) is 0.294. The second-order valence-electron chi connectivity index (χ2n) is 4.99. The topological polar surface area (TPSA) is 77.8 Å². The molecule has 0 saturated carbocycles. The Morgan fingerprint density at radius 2 is 1.96 bits per heavy atom. The smallest absolute Gasteiger partial charge is 0.309 e. The number of esters is 1. The van der Waals surface area contributed by atoms with Crippen molar-refractivity contribution < 1.29 is 23.5 Å². The van der Waals surface area contributed by atoms with Gasteiger partial charge in [0, 0.05) is 0 Å². The van der Waals surface area contributed by atoms with Gasteiger partial charge in [0.25, 0.3) is 5.91 Å². The molecule has 6 nitrogen and oxygen atoms in total. The molecule has 1 N–H and O–H groups in total. The highest BCUT2D eigenvalue weighted by Gasteiger charge is 2.12. The molecule has 0 radical (unpaired) electrons. The third kappa shape index (κ3) is 5.18. The van der Waals surface area contributed by atoms with Crippen LogP contribution in [0.1, 0.15) is 24.3 Å². The molecule has 0 bridgehead atoms. The van der Waals surface area contributed by atoms with Crippen LogP contribution in [0, 0.1) is 0 Å². The predicted molar refractivity (Wildman–Crippen MR) is 82.9 cm³/mol. The van der Waals surface area contributed by atoms with Gasteiger partial charge in [-0.15, -0.1) is 0 Å². The van der Waals surface area contributed by atoms with E-state index in [9.17, 15) is 9.59 Å². The molecule has 2 aromatic rings. The van der Waals surface area contributed by atoms with Crippen LogP contribution in [0.15, 0.2) is 47.1 Å². The van der Waals surface area contributed by atoms with Gasteiger partial charge in [-0.2, -0.15) is 0 Å². The van der Waals surface area contributed by atoms with Crippen LogP contribution < -0.4 is 10.1 Å². The highest BCUT2D eigenvalue weighted by molar-refractivity contribution is 5.78. The lowest BCUT2D eigenvalue weighted by atomic mass is 10.1. The van der Waals surface area contributed by atoms with Gasteiger partial charge >= 0.3 is 5.97 Å². The first-order valence-electron chi connectivity index (χ1n) is 7.20. The molecule has 1 amide bonds. The molecule has 0 aliphatic heterocycles. The number of carbonyl (C=O) groups is 2. The van der Waals surface area contributed by atoms with Crippen LogP contribution in [-0.4, -0.2) is 25.6 Å². The van der Waals surface area contributed by atoms with E-state index in [1.54, 1.807) is 42.7 Å². The van der Waals surface area contributed by atoms with Gasteiger partial charge in [-0.3, -0.25) is 9.59 Å². The van der Waals surface area contributed by atoms with Gasteiger partial charge in [-0.1, -0.05) is 12.1 Å². The molecule has 0 saturated heterocycles. The van der Waals surface area contributed by atoms with Crippen molar-refractivity contribution >= 4 is 11.9 Å². The average Bonchev–Trinajstić information content (AvgIpc) is 3.08. The number of rotatable bonds is 7. The molecule has 0 aliphatic rings. The quantitative estimate of drug-likeness (QED) is 0.793. The Hall–Kier alpha value is -2.76. The van der Waals surface area contributed by atoms with Crippen molar-refractivity contribution in [2.75, 3.05) is 13.7 Å². The maximum absolute atomic E-state index is 11.8. The third-order valence-corrected chi connectivity index (χ3v) is 3.22. The number of ether oxygens (including phenoxy) is 2. The van der Waals surface area contributed by atoms with E-state index in [0.29, 0.717) is 11.5 Å². The summed E-state index contributed by atoms with van der Waals surface area (Å²) in [5.74, 6) is 0.697. The van der Waals surface area contributed by atoms with Gasteiger partial charge in [0.05, 0.1) is 25.8 Å². The van der Waals surface area contributed by atoms with Crippen molar-refractivity contribution in [3.63, 3.8) is 0 Å². The number of methoxy groups -OCH3 is 1. The summed E-state index contributed by atoms with van der Waals surface area (Å²) in [6.07, 6.45) is 1.77. The van der Waals surface area contributed by atoms with E-state index in [1.807, 2.05) is 6.92 Å². The lowest BCUT2D eigenvalue weighted by Gasteiger charge is -2.12. The highest BCUT2D eigenvalue weighted by atomic mass is 16.5. The standard InChI is InChI=1S/C17H19NO5/c1-12(15-4-3-9-22-15)18-16(19)11-23-14-7-5-13(6-8-14)10-17(20)21-2/h3-9,12H,10-11H2,1-2H3,(H,18,19). The maximum Gasteiger partial charge on any atom is 0.309 e. The number of nitrogens with one attached hydrogen (secondary N) is 1. The lowest BCUT2D eigenvalue weighted by Crippen LogP contribution is -2.31. The Morgan fingerprint density at radius 1 is 1.22 bits per heavy atom. The molecule has 23 heavy (non-hydrogen) atoms. The number of amides is 1. The summed E-state index contributed by atoms with van der Waals surface area (Å²) in [6, 6.07) is 10.3. The van der Waals surface area contributed by atoms with E-state index in [1.165, 1.54) is 7.11 Å². The Kier molecular flexibility index (Phi) is 5.80. The molecule has 0 aliphatic carbocycles. The number of furan rings is 1. The maximum atomic E-state index is 11.8. The molecule has 2 rings (SSSR count). The summed E-state index contributed by atoms with van der Waals surface area (Å²) in [7, 11) is 1.35. The monoisotopic (exact) mass is 317 g/mol. The molecular weight excluding hydrogens is 298 g/mol. The Bertz CT molecular complexity index is 634. The third-order valence-electron chi connectivity index (χ3n) is 3.22. The largest absolute Gasteiger partial charge is 0.484 e. The van der Waals surface area contributed by atoms with Crippen molar-refractivity contribution in [2.45, 2.75) is 19.4 Å². The minimum atomic E-state index is -0.301. The molecule has 1 aromatic carbocycles. The lowest BCUT2D eigenvalue weighted by molar-refractivity contribution is -0.139. The van der Waals surface area contributed by atoms with E-state index < -0.39 is 0 Å². The van der Waals surface area contributed by atoms with Crippen LogP contribution in [0.2, 0.25) is 0 Å². The Balaban J connectivity index is 1.79. The van der Waals surface area contributed by atoms with E-state index in [0.717, 1.165) is 5.56 Å². The number of carbonyl (C=O) groups excluding carboxylic acids is 2. The molecule has 0 fully saturated rings. The summed E-state index contributed by atoms with van der Waals surface area (Å²) in [6.45, 7) is 1.74. The number of hydrogen-bond acceptors (Lipinski definition) is 5. The highest BCUT2D eigenvalue weighted by Crippen LogP contribution is 2.14. The molecule has 1 atom stereocenters. The van der Waals surface area contributed by atoms with Crippen LogP contribution in [0.3, 0.4) is 0 Å². The summed E-state index contributed by atoms with van der Waals surface area (Å²) in [4.78, 5) is 23.0. The van der Waals surface area contributed by atoms with Gasteiger partial charge in [0.15, 0.2) is 6.61 Å². The molecule has 0 spiro atoms. The SMILES string of the molecule is COC(=O)Cc1ccc(OCC(=O)NC(C)c2ccco2)cc1. The van der Waals surface area contributed by atoms with Crippen LogP contribution in [-0.2, 0) is 20.7 Å². The first kappa shape index (κ1) is 16.6. The predicted octanol–water partition coefficient (Wildman–Crippen LogP) is 2.25. The zero-order chi connectivity index (χ0) is 16.7.